The first-order chi connectivity index (χ1) is 6.68. The van der Waals surface area contributed by atoms with Crippen molar-refractivity contribution >= 4 is 7.60 Å². The first-order valence-corrected chi connectivity index (χ1v) is 6.62. The van der Waals surface area contributed by atoms with Gasteiger partial charge in [-0.25, -0.2) is 0 Å². The Morgan fingerprint density at radius 3 is 1.93 bits per heavy atom. The molecule has 0 aliphatic rings. The molecule has 0 aromatic heterocycles. The zero-order valence-electron chi connectivity index (χ0n) is 9.27. The lowest BCUT2D eigenvalue weighted by molar-refractivity contribution is 0.371. The average molecular weight is 228 g/mol. The maximum absolute atomic E-state index is 10.8. The molecule has 0 aliphatic heterocycles. The molecule has 0 saturated carbocycles. The summed E-state index contributed by atoms with van der Waals surface area (Å²) in [6.07, 6.45) is -0.183. The van der Waals surface area contributed by atoms with Gasteiger partial charge < -0.3 is 9.79 Å². The van der Waals surface area contributed by atoms with Crippen molar-refractivity contribution in [3.8, 4) is 0 Å². The van der Waals surface area contributed by atoms with Crippen LogP contribution in [0.3, 0.4) is 0 Å². The maximum Gasteiger partial charge on any atom is 0.329 e. The van der Waals surface area contributed by atoms with Crippen LogP contribution in [0.4, 0.5) is 0 Å². The zero-order chi connectivity index (χ0) is 11.7. The SMILES string of the molecule is CC(C)(C)c1ccc(CP(=O)(O)O)cc1. The van der Waals surface area contributed by atoms with Crippen LogP contribution in [0.1, 0.15) is 31.9 Å². The maximum atomic E-state index is 10.8. The lowest BCUT2D eigenvalue weighted by atomic mass is 9.87. The van der Waals surface area contributed by atoms with Crippen molar-refractivity contribution < 1.29 is 14.4 Å². The van der Waals surface area contributed by atoms with Crippen molar-refractivity contribution in [1.29, 1.82) is 0 Å². The molecular formula is C11H17O3P. The quantitative estimate of drug-likeness (QED) is 0.765. The molecule has 0 saturated heterocycles. The minimum absolute atomic E-state index is 0.0701. The van der Waals surface area contributed by atoms with E-state index < -0.39 is 7.60 Å². The van der Waals surface area contributed by atoms with Gasteiger partial charge in [0.2, 0.25) is 0 Å². The minimum Gasteiger partial charge on any atom is -0.324 e. The van der Waals surface area contributed by atoms with E-state index in [1.165, 1.54) is 0 Å². The molecule has 84 valence electrons. The molecule has 1 aromatic rings. The molecular weight excluding hydrogens is 211 g/mol. The Morgan fingerprint density at radius 1 is 1.13 bits per heavy atom. The van der Waals surface area contributed by atoms with Gasteiger partial charge in [-0.3, -0.25) is 4.57 Å². The summed E-state index contributed by atoms with van der Waals surface area (Å²) in [5, 5.41) is 0. The molecule has 1 rings (SSSR count). The standard InChI is InChI=1S/C11H17O3P/c1-11(2,3)10-6-4-9(5-7-10)8-15(12,13)14/h4-7H,8H2,1-3H3,(H2,12,13,14). The second-order valence-corrected chi connectivity index (χ2v) is 6.42. The van der Waals surface area contributed by atoms with Gasteiger partial charge in [-0.15, -0.1) is 0 Å². The third-order valence-electron chi connectivity index (χ3n) is 2.21. The van der Waals surface area contributed by atoms with Gasteiger partial charge >= 0.3 is 7.60 Å². The van der Waals surface area contributed by atoms with E-state index in [4.69, 9.17) is 9.79 Å². The molecule has 0 amide bonds. The third kappa shape index (κ3) is 4.17. The second-order valence-electron chi connectivity index (χ2n) is 4.77. The smallest absolute Gasteiger partial charge is 0.324 e. The summed E-state index contributed by atoms with van der Waals surface area (Å²) in [5.74, 6) is 0. The molecule has 0 aliphatic carbocycles. The molecule has 0 spiro atoms. The molecule has 0 fully saturated rings. The van der Waals surface area contributed by atoms with E-state index >= 15 is 0 Å². The molecule has 0 heterocycles. The summed E-state index contributed by atoms with van der Waals surface area (Å²) in [6, 6.07) is 7.40. The molecule has 0 unspecified atom stereocenters. The van der Waals surface area contributed by atoms with E-state index in [9.17, 15) is 4.57 Å². The lowest BCUT2D eigenvalue weighted by Gasteiger charge is -2.19. The van der Waals surface area contributed by atoms with E-state index in [0.717, 1.165) is 5.56 Å². The first kappa shape index (κ1) is 12.4. The average Bonchev–Trinajstić information content (AvgIpc) is 2.00. The van der Waals surface area contributed by atoms with Gasteiger partial charge in [0.25, 0.3) is 0 Å². The summed E-state index contributed by atoms with van der Waals surface area (Å²) in [4.78, 5) is 17.6. The summed E-state index contributed by atoms with van der Waals surface area (Å²) in [5.41, 5.74) is 1.91. The van der Waals surface area contributed by atoms with E-state index in [1.54, 1.807) is 12.1 Å². The number of hydrogen-bond donors (Lipinski definition) is 2. The largest absolute Gasteiger partial charge is 0.329 e. The van der Waals surface area contributed by atoms with Gasteiger partial charge in [0, 0.05) is 0 Å². The molecule has 15 heavy (non-hydrogen) atoms. The van der Waals surface area contributed by atoms with Gasteiger partial charge in [0.1, 0.15) is 0 Å². The second kappa shape index (κ2) is 4.09. The van der Waals surface area contributed by atoms with E-state index in [1.807, 2.05) is 12.1 Å². The van der Waals surface area contributed by atoms with Crippen molar-refractivity contribution in [2.75, 3.05) is 0 Å². The van der Waals surface area contributed by atoms with Gasteiger partial charge in [-0.1, -0.05) is 45.0 Å². The van der Waals surface area contributed by atoms with Crippen molar-refractivity contribution in [3.63, 3.8) is 0 Å². The molecule has 1 aromatic carbocycles. The Bertz CT molecular complexity index is 370. The Labute approximate surface area is 90.3 Å². The summed E-state index contributed by atoms with van der Waals surface area (Å²) < 4.78 is 10.8. The van der Waals surface area contributed by atoms with Gasteiger partial charge in [-0.2, -0.15) is 0 Å². The van der Waals surface area contributed by atoms with E-state index in [2.05, 4.69) is 20.8 Å². The fraction of sp³-hybridized carbons (Fsp3) is 0.455. The Kier molecular flexibility index (Phi) is 3.39. The topological polar surface area (TPSA) is 57.5 Å². The lowest BCUT2D eigenvalue weighted by Crippen LogP contribution is -2.10. The predicted molar refractivity (Wildman–Crippen MR) is 60.9 cm³/mol. The molecule has 4 heteroatoms. The van der Waals surface area contributed by atoms with Crippen LogP contribution >= 0.6 is 7.60 Å². The van der Waals surface area contributed by atoms with Crippen molar-refractivity contribution in [3.05, 3.63) is 35.4 Å². The van der Waals surface area contributed by atoms with E-state index in [-0.39, 0.29) is 11.6 Å². The molecule has 0 atom stereocenters. The highest BCUT2D eigenvalue weighted by molar-refractivity contribution is 7.50. The Balaban J connectivity index is 2.87. The van der Waals surface area contributed by atoms with Gasteiger partial charge in [-0.05, 0) is 16.5 Å². The minimum atomic E-state index is -3.94. The van der Waals surface area contributed by atoms with Crippen LogP contribution in [-0.4, -0.2) is 9.79 Å². The summed E-state index contributed by atoms with van der Waals surface area (Å²) in [6.45, 7) is 6.31. The van der Waals surface area contributed by atoms with Crippen LogP contribution < -0.4 is 0 Å². The highest BCUT2D eigenvalue weighted by Gasteiger charge is 2.16. The monoisotopic (exact) mass is 228 g/mol. The predicted octanol–water partition coefficient (Wildman–Crippen LogP) is 2.66. The first-order valence-electron chi connectivity index (χ1n) is 4.82. The van der Waals surface area contributed by atoms with Crippen LogP contribution in [0.15, 0.2) is 24.3 Å². The molecule has 0 radical (unpaired) electrons. The molecule has 0 bridgehead atoms. The normalized spacial score (nSPS) is 12.9. The Hall–Kier alpha value is -0.630. The fourth-order valence-corrected chi connectivity index (χ4v) is 2.03. The number of rotatable bonds is 2. The van der Waals surface area contributed by atoms with Crippen LogP contribution in [0.25, 0.3) is 0 Å². The molecule has 2 N–H and O–H groups in total. The van der Waals surface area contributed by atoms with E-state index in [0.29, 0.717) is 5.56 Å². The Morgan fingerprint density at radius 2 is 1.60 bits per heavy atom. The van der Waals surface area contributed by atoms with Crippen LogP contribution in [0.2, 0.25) is 0 Å². The summed E-state index contributed by atoms with van der Waals surface area (Å²) >= 11 is 0. The van der Waals surface area contributed by atoms with Crippen molar-refractivity contribution in [2.24, 2.45) is 0 Å². The van der Waals surface area contributed by atoms with Crippen LogP contribution in [-0.2, 0) is 16.1 Å². The zero-order valence-corrected chi connectivity index (χ0v) is 10.2. The van der Waals surface area contributed by atoms with Gasteiger partial charge in [0.15, 0.2) is 0 Å². The highest BCUT2D eigenvalue weighted by atomic mass is 31.2. The highest BCUT2D eigenvalue weighted by Crippen LogP contribution is 2.39. The van der Waals surface area contributed by atoms with Gasteiger partial charge in [0.05, 0.1) is 6.16 Å². The van der Waals surface area contributed by atoms with Crippen LogP contribution in [0.5, 0.6) is 0 Å². The third-order valence-corrected chi connectivity index (χ3v) is 2.99. The van der Waals surface area contributed by atoms with Crippen molar-refractivity contribution in [2.45, 2.75) is 32.3 Å². The van der Waals surface area contributed by atoms with Crippen molar-refractivity contribution in [1.82, 2.24) is 0 Å². The number of hydrogen-bond acceptors (Lipinski definition) is 1. The number of benzene rings is 1. The van der Waals surface area contributed by atoms with Crippen LogP contribution in [0, 0.1) is 0 Å². The summed E-state index contributed by atoms with van der Waals surface area (Å²) in [7, 11) is -3.94. The fourth-order valence-electron chi connectivity index (χ4n) is 1.35. The molecule has 3 nitrogen and oxygen atoms in total.